The van der Waals surface area contributed by atoms with Gasteiger partial charge < -0.3 is 5.32 Å². The maximum absolute atomic E-state index is 12.3. The Morgan fingerprint density at radius 3 is 2.71 bits per heavy atom. The maximum atomic E-state index is 12.3. The van der Waals surface area contributed by atoms with Gasteiger partial charge in [-0.25, -0.2) is 4.79 Å². The molecule has 144 valence electrons. The summed E-state index contributed by atoms with van der Waals surface area (Å²) in [5, 5.41) is 13.5. The third-order valence-corrected chi connectivity index (χ3v) is 5.08. The fourth-order valence-electron chi connectivity index (χ4n) is 2.36. The quantitative estimate of drug-likeness (QED) is 0.602. The van der Waals surface area contributed by atoms with Gasteiger partial charge in [-0.15, -0.1) is 10.2 Å². The van der Waals surface area contributed by atoms with E-state index in [0.717, 1.165) is 11.3 Å². The third kappa shape index (κ3) is 5.34. The van der Waals surface area contributed by atoms with Gasteiger partial charge in [-0.1, -0.05) is 59.8 Å². The van der Waals surface area contributed by atoms with Crippen LogP contribution in [-0.4, -0.2) is 32.0 Å². The molecule has 28 heavy (non-hydrogen) atoms. The lowest BCUT2D eigenvalue weighted by Gasteiger charge is -2.12. The van der Waals surface area contributed by atoms with Gasteiger partial charge in [-0.2, -0.15) is 0 Å². The first-order valence-corrected chi connectivity index (χ1v) is 9.74. The Bertz CT molecular complexity index is 964. The van der Waals surface area contributed by atoms with Crippen molar-refractivity contribution < 1.29 is 9.59 Å². The van der Waals surface area contributed by atoms with Gasteiger partial charge in [0.2, 0.25) is 5.91 Å². The second kappa shape index (κ2) is 9.38. The molecule has 2 N–H and O–H groups in total. The third-order valence-electron chi connectivity index (χ3n) is 3.79. The van der Waals surface area contributed by atoms with Gasteiger partial charge >= 0.3 is 6.03 Å². The molecule has 0 spiro atoms. The van der Waals surface area contributed by atoms with E-state index in [1.54, 1.807) is 30.0 Å². The topological polar surface area (TPSA) is 88.9 Å². The number of carbonyl (C=O) groups is 2. The van der Waals surface area contributed by atoms with E-state index < -0.39 is 17.2 Å². The van der Waals surface area contributed by atoms with Crippen LogP contribution in [0.2, 0.25) is 5.02 Å². The predicted molar refractivity (Wildman–Crippen MR) is 109 cm³/mol. The van der Waals surface area contributed by atoms with Crippen LogP contribution in [0.3, 0.4) is 0 Å². The van der Waals surface area contributed by atoms with Crippen LogP contribution in [0.1, 0.15) is 12.5 Å². The molecule has 0 radical (unpaired) electrons. The first-order chi connectivity index (χ1) is 13.5. The largest absolute Gasteiger partial charge is 0.334 e. The van der Waals surface area contributed by atoms with E-state index in [9.17, 15) is 9.59 Å². The molecular formula is C19H18ClN5O2S. The monoisotopic (exact) mass is 415 g/mol. The molecule has 0 aliphatic heterocycles. The van der Waals surface area contributed by atoms with E-state index in [-0.39, 0.29) is 0 Å². The van der Waals surface area contributed by atoms with E-state index in [1.807, 2.05) is 42.5 Å². The number of imide groups is 1. The molecule has 1 aromatic heterocycles. The Labute approximate surface area is 171 Å². The SMILES string of the molecule is CC(Sc1nncn1-c1cccc(Cl)c1)C(=O)NC(=O)NCc1ccccc1. The number of hydrogen-bond donors (Lipinski definition) is 2. The molecule has 0 saturated heterocycles. The zero-order valence-electron chi connectivity index (χ0n) is 15.0. The summed E-state index contributed by atoms with van der Waals surface area (Å²) in [5.41, 5.74) is 1.73. The smallest absolute Gasteiger partial charge is 0.321 e. The molecule has 1 atom stereocenters. The van der Waals surface area contributed by atoms with Crippen molar-refractivity contribution in [3.8, 4) is 5.69 Å². The molecule has 3 amide bonds. The summed E-state index contributed by atoms with van der Waals surface area (Å²) in [6, 6.07) is 16.1. The van der Waals surface area contributed by atoms with Crippen LogP contribution in [0, 0.1) is 0 Å². The van der Waals surface area contributed by atoms with Crippen LogP contribution in [0.5, 0.6) is 0 Å². The summed E-state index contributed by atoms with van der Waals surface area (Å²) in [6.45, 7) is 2.03. The number of aromatic nitrogens is 3. The number of hydrogen-bond acceptors (Lipinski definition) is 5. The minimum absolute atomic E-state index is 0.338. The summed E-state index contributed by atoms with van der Waals surface area (Å²) in [7, 11) is 0. The Balaban J connectivity index is 1.56. The second-order valence-corrected chi connectivity index (χ2v) is 7.63. The Morgan fingerprint density at radius 2 is 1.96 bits per heavy atom. The molecule has 0 aliphatic carbocycles. The molecule has 3 rings (SSSR count). The molecule has 7 nitrogen and oxygen atoms in total. The number of rotatable bonds is 6. The standard InChI is InChI=1S/C19H18ClN5O2S/c1-13(17(26)23-18(27)21-11-14-6-3-2-4-7-14)28-19-24-22-12-25(19)16-9-5-8-15(20)10-16/h2-10,12-13H,11H2,1H3,(H2,21,23,26,27). The second-order valence-electron chi connectivity index (χ2n) is 5.88. The van der Waals surface area contributed by atoms with Crippen LogP contribution in [0.15, 0.2) is 66.1 Å². The highest BCUT2D eigenvalue weighted by Gasteiger charge is 2.20. The van der Waals surface area contributed by atoms with Gasteiger partial charge in [0.15, 0.2) is 5.16 Å². The lowest BCUT2D eigenvalue weighted by Crippen LogP contribution is -2.42. The Kier molecular flexibility index (Phi) is 6.67. The fraction of sp³-hybridized carbons (Fsp3) is 0.158. The van der Waals surface area contributed by atoms with Crippen molar-refractivity contribution in [2.24, 2.45) is 0 Å². The van der Waals surface area contributed by atoms with Crippen LogP contribution in [0.25, 0.3) is 5.69 Å². The van der Waals surface area contributed by atoms with Crippen LogP contribution in [-0.2, 0) is 11.3 Å². The van der Waals surface area contributed by atoms with Crippen molar-refractivity contribution in [3.05, 3.63) is 71.5 Å². The number of nitrogens with zero attached hydrogens (tertiary/aromatic N) is 3. The number of benzene rings is 2. The minimum Gasteiger partial charge on any atom is -0.334 e. The lowest BCUT2D eigenvalue weighted by molar-refractivity contribution is -0.119. The molecule has 0 bridgehead atoms. The summed E-state index contributed by atoms with van der Waals surface area (Å²) >= 11 is 7.23. The van der Waals surface area contributed by atoms with E-state index in [2.05, 4.69) is 20.8 Å². The average Bonchev–Trinajstić information content (AvgIpc) is 3.15. The van der Waals surface area contributed by atoms with Gasteiger partial charge in [0.1, 0.15) is 6.33 Å². The van der Waals surface area contributed by atoms with Crippen molar-refractivity contribution in [2.75, 3.05) is 0 Å². The first kappa shape index (κ1) is 19.9. The maximum Gasteiger partial charge on any atom is 0.321 e. The van der Waals surface area contributed by atoms with Gasteiger partial charge in [0, 0.05) is 11.6 Å². The van der Waals surface area contributed by atoms with Crippen molar-refractivity contribution in [2.45, 2.75) is 23.9 Å². The highest BCUT2D eigenvalue weighted by molar-refractivity contribution is 8.00. The van der Waals surface area contributed by atoms with Gasteiger partial charge in [0.05, 0.1) is 10.9 Å². The van der Waals surface area contributed by atoms with Crippen molar-refractivity contribution in [1.29, 1.82) is 0 Å². The van der Waals surface area contributed by atoms with E-state index in [4.69, 9.17) is 11.6 Å². The summed E-state index contributed by atoms with van der Waals surface area (Å²) in [5.74, 6) is -0.420. The number of halogens is 1. The zero-order chi connectivity index (χ0) is 19.9. The van der Waals surface area contributed by atoms with Crippen LogP contribution in [0.4, 0.5) is 4.79 Å². The molecule has 9 heteroatoms. The first-order valence-electron chi connectivity index (χ1n) is 8.48. The van der Waals surface area contributed by atoms with Gasteiger partial charge in [0.25, 0.3) is 0 Å². The summed E-state index contributed by atoms with van der Waals surface area (Å²) in [4.78, 5) is 24.3. The molecular weight excluding hydrogens is 398 g/mol. The minimum atomic E-state index is -0.551. The highest BCUT2D eigenvalue weighted by Crippen LogP contribution is 2.25. The summed E-state index contributed by atoms with van der Waals surface area (Å²) in [6.07, 6.45) is 1.55. The van der Waals surface area contributed by atoms with E-state index in [1.165, 1.54) is 11.8 Å². The zero-order valence-corrected chi connectivity index (χ0v) is 16.6. The molecule has 3 aromatic rings. The number of urea groups is 1. The van der Waals surface area contributed by atoms with E-state index in [0.29, 0.717) is 16.7 Å². The van der Waals surface area contributed by atoms with Crippen LogP contribution < -0.4 is 10.6 Å². The van der Waals surface area contributed by atoms with Crippen molar-refractivity contribution >= 4 is 35.3 Å². The van der Waals surface area contributed by atoms with Crippen molar-refractivity contribution in [1.82, 2.24) is 25.4 Å². The number of amides is 3. The Morgan fingerprint density at radius 1 is 1.18 bits per heavy atom. The molecule has 0 aliphatic rings. The fourth-order valence-corrected chi connectivity index (χ4v) is 3.38. The lowest BCUT2D eigenvalue weighted by atomic mass is 10.2. The van der Waals surface area contributed by atoms with Gasteiger partial charge in [-0.05, 0) is 30.7 Å². The molecule has 0 fully saturated rings. The van der Waals surface area contributed by atoms with Crippen LogP contribution >= 0.6 is 23.4 Å². The molecule has 1 heterocycles. The highest BCUT2D eigenvalue weighted by atomic mass is 35.5. The normalized spacial score (nSPS) is 11.6. The van der Waals surface area contributed by atoms with Gasteiger partial charge in [-0.3, -0.25) is 14.7 Å². The van der Waals surface area contributed by atoms with Crippen molar-refractivity contribution in [3.63, 3.8) is 0 Å². The molecule has 2 aromatic carbocycles. The van der Waals surface area contributed by atoms with E-state index >= 15 is 0 Å². The average molecular weight is 416 g/mol. The predicted octanol–water partition coefficient (Wildman–Crippen LogP) is 3.43. The molecule has 1 unspecified atom stereocenters. The number of thioether (sulfide) groups is 1. The number of carbonyl (C=O) groups excluding carboxylic acids is 2. The Hall–Kier alpha value is -2.84. The summed E-state index contributed by atoms with van der Waals surface area (Å²) < 4.78 is 1.73. The molecule has 0 saturated carbocycles. The number of nitrogens with one attached hydrogen (secondary N) is 2.